The van der Waals surface area contributed by atoms with Crippen molar-refractivity contribution in [1.82, 2.24) is 10.2 Å². The van der Waals surface area contributed by atoms with Crippen molar-refractivity contribution in [2.24, 2.45) is 5.92 Å². The molecule has 2 unspecified atom stereocenters. The minimum Gasteiger partial charge on any atom is -0.481 e. The average molecular weight is 228 g/mol. The number of aliphatic carboxylic acids is 1. The van der Waals surface area contributed by atoms with E-state index in [-0.39, 0.29) is 18.4 Å². The third-order valence-electron chi connectivity index (χ3n) is 3.06. The first-order valence-electron chi connectivity index (χ1n) is 5.72. The van der Waals surface area contributed by atoms with Gasteiger partial charge in [-0.1, -0.05) is 6.92 Å². The van der Waals surface area contributed by atoms with Crippen LogP contribution in [0.5, 0.6) is 0 Å². The van der Waals surface area contributed by atoms with Gasteiger partial charge in [0, 0.05) is 20.0 Å². The zero-order chi connectivity index (χ0) is 12.1. The first kappa shape index (κ1) is 13.0. The lowest BCUT2D eigenvalue weighted by atomic mass is 10.0. The van der Waals surface area contributed by atoms with Crippen molar-refractivity contribution >= 4 is 11.9 Å². The molecule has 0 radical (unpaired) electrons. The summed E-state index contributed by atoms with van der Waals surface area (Å²) in [7, 11) is 1.73. The van der Waals surface area contributed by atoms with Crippen LogP contribution in [0, 0.1) is 5.92 Å². The fraction of sp³-hybridized carbons (Fsp3) is 0.818. The fourth-order valence-electron chi connectivity index (χ4n) is 1.98. The number of hydrogen-bond donors (Lipinski definition) is 2. The zero-order valence-corrected chi connectivity index (χ0v) is 9.90. The van der Waals surface area contributed by atoms with Gasteiger partial charge in [0.2, 0.25) is 5.91 Å². The predicted octanol–water partition coefficient (Wildman–Crippen LogP) is 0.308. The smallest absolute Gasteiger partial charge is 0.303 e. The van der Waals surface area contributed by atoms with Crippen LogP contribution in [0.4, 0.5) is 0 Å². The molecule has 5 nitrogen and oxygen atoms in total. The second kappa shape index (κ2) is 5.84. The van der Waals surface area contributed by atoms with E-state index in [1.807, 2.05) is 0 Å². The number of hydrogen-bond acceptors (Lipinski definition) is 3. The van der Waals surface area contributed by atoms with Crippen LogP contribution < -0.4 is 5.32 Å². The Morgan fingerprint density at radius 2 is 2.19 bits per heavy atom. The average Bonchev–Trinajstić information content (AvgIpc) is 2.62. The van der Waals surface area contributed by atoms with E-state index < -0.39 is 5.97 Å². The summed E-state index contributed by atoms with van der Waals surface area (Å²) in [5.41, 5.74) is 0. The lowest BCUT2D eigenvalue weighted by Crippen LogP contribution is -2.44. The summed E-state index contributed by atoms with van der Waals surface area (Å²) in [6, 6.07) is -0.0881. The Morgan fingerprint density at radius 1 is 1.50 bits per heavy atom. The number of carboxylic acids is 1. The van der Waals surface area contributed by atoms with Gasteiger partial charge in [0.1, 0.15) is 0 Å². The molecule has 2 atom stereocenters. The number of nitrogens with one attached hydrogen (secondary N) is 1. The van der Waals surface area contributed by atoms with Gasteiger partial charge in [-0.2, -0.15) is 0 Å². The Balaban J connectivity index is 2.32. The molecule has 0 aromatic carbocycles. The molecule has 0 aliphatic carbocycles. The molecule has 16 heavy (non-hydrogen) atoms. The van der Waals surface area contributed by atoms with E-state index in [0.29, 0.717) is 18.9 Å². The van der Waals surface area contributed by atoms with Crippen LogP contribution in [0.25, 0.3) is 0 Å². The molecule has 2 N–H and O–H groups in total. The number of carbonyl (C=O) groups is 2. The molecule has 0 spiro atoms. The fourth-order valence-corrected chi connectivity index (χ4v) is 1.98. The maximum Gasteiger partial charge on any atom is 0.303 e. The monoisotopic (exact) mass is 228 g/mol. The van der Waals surface area contributed by atoms with E-state index in [1.165, 1.54) is 0 Å². The molecule has 1 heterocycles. The lowest BCUT2D eigenvalue weighted by Gasteiger charge is -2.23. The lowest BCUT2D eigenvalue weighted by molar-refractivity contribution is -0.138. The molecule has 0 bridgehead atoms. The summed E-state index contributed by atoms with van der Waals surface area (Å²) in [5, 5.41) is 11.7. The van der Waals surface area contributed by atoms with E-state index in [4.69, 9.17) is 5.11 Å². The molecule has 0 saturated carbocycles. The first-order chi connectivity index (χ1) is 7.52. The van der Waals surface area contributed by atoms with Crippen LogP contribution in [0.1, 0.15) is 26.2 Å². The van der Waals surface area contributed by atoms with E-state index in [2.05, 4.69) is 12.2 Å². The number of amides is 1. The highest BCUT2D eigenvalue weighted by Crippen LogP contribution is 2.16. The van der Waals surface area contributed by atoms with Gasteiger partial charge in [-0.25, -0.2) is 0 Å². The van der Waals surface area contributed by atoms with Crippen LogP contribution in [-0.2, 0) is 9.59 Å². The van der Waals surface area contributed by atoms with E-state index in [1.54, 1.807) is 11.9 Å². The van der Waals surface area contributed by atoms with Crippen LogP contribution >= 0.6 is 0 Å². The first-order valence-corrected chi connectivity index (χ1v) is 5.72. The number of likely N-dealkylation sites (N-methyl/N-ethyl adjacent to an activating group) is 1. The minimum atomic E-state index is -0.812. The van der Waals surface area contributed by atoms with Crippen molar-refractivity contribution in [2.75, 3.05) is 20.1 Å². The van der Waals surface area contributed by atoms with E-state index >= 15 is 0 Å². The normalized spacial score (nSPS) is 24.4. The van der Waals surface area contributed by atoms with E-state index in [0.717, 1.165) is 13.0 Å². The van der Waals surface area contributed by atoms with Crippen molar-refractivity contribution in [2.45, 2.75) is 32.2 Å². The summed E-state index contributed by atoms with van der Waals surface area (Å²) in [6.45, 7) is 3.46. The van der Waals surface area contributed by atoms with Gasteiger partial charge in [-0.05, 0) is 25.3 Å². The summed E-state index contributed by atoms with van der Waals surface area (Å²) in [4.78, 5) is 23.9. The van der Waals surface area contributed by atoms with Crippen molar-refractivity contribution in [3.05, 3.63) is 0 Å². The second-order valence-electron chi connectivity index (χ2n) is 4.45. The Kier molecular flexibility index (Phi) is 4.73. The Bertz CT molecular complexity index is 268. The second-order valence-corrected chi connectivity index (χ2v) is 4.45. The highest BCUT2D eigenvalue weighted by molar-refractivity contribution is 5.82. The highest BCUT2D eigenvalue weighted by Gasteiger charge is 2.30. The molecule has 1 saturated heterocycles. The maximum absolute atomic E-state index is 11.9. The molecule has 1 fully saturated rings. The molecule has 1 amide bonds. The molecule has 0 aromatic rings. The molecular weight excluding hydrogens is 208 g/mol. The van der Waals surface area contributed by atoms with Crippen LogP contribution in [0.2, 0.25) is 0 Å². The van der Waals surface area contributed by atoms with Gasteiger partial charge in [0.15, 0.2) is 0 Å². The molecular formula is C11H20N2O3. The van der Waals surface area contributed by atoms with Gasteiger partial charge in [-0.3, -0.25) is 9.59 Å². The topological polar surface area (TPSA) is 69.6 Å². The third-order valence-corrected chi connectivity index (χ3v) is 3.06. The molecule has 1 aliphatic heterocycles. The highest BCUT2D eigenvalue weighted by atomic mass is 16.4. The number of carbonyl (C=O) groups excluding carboxylic acids is 1. The largest absolute Gasteiger partial charge is 0.481 e. The predicted molar refractivity (Wildman–Crippen MR) is 60.1 cm³/mol. The molecule has 92 valence electrons. The van der Waals surface area contributed by atoms with Gasteiger partial charge in [-0.15, -0.1) is 0 Å². The summed E-state index contributed by atoms with van der Waals surface area (Å²) in [5.74, 6) is -0.363. The minimum absolute atomic E-state index is 0.0791. The standard InChI is InChI=1S/C11H20N2O3/c1-8-5-6-12-10(8)11(16)13(2)7-3-4-9(14)15/h8,10,12H,3-7H2,1-2H3,(H,14,15). The summed E-state index contributed by atoms with van der Waals surface area (Å²) < 4.78 is 0. The van der Waals surface area contributed by atoms with Crippen molar-refractivity contribution in [3.63, 3.8) is 0 Å². The van der Waals surface area contributed by atoms with Crippen molar-refractivity contribution in [1.29, 1.82) is 0 Å². The number of rotatable bonds is 5. The van der Waals surface area contributed by atoms with Gasteiger partial charge >= 0.3 is 5.97 Å². The Morgan fingerprint density at radius 3 is 2.69 bits per heavy atom. The van der Waals surface area contributed by atoms with Crippen molar-refractivity contribution < 1.29 is 14.7 Å². The Labute approximate surface area is 95.8 Å². The van der Waals surface area contributed by atoms with Crippen LogP contribution in [0.3, 0.4) is 0 Å². The summed E-state index contributed by atoms with van der Waals surface area (Å²) in [6.07, 6.45) is 1.66. The van der Waals surface area contributed by atoms with E-state index in [9.17, 15) is 9.59 Å². The van der Waals surface area contributed by atoms with Crippen molar-refractivity contribution in [3.8, 4) is 0 Å². The van der Waals surface area contributed by atoms with Gasteiger partial charge in [0.05, 0.1) is 6.04 Å². The molecule has 5 heteroatoms. The SMILES string of the molecule is CC1CCNC1C(=O)N(C)CCCC(=O)O. The number of carboxylic acid groups (broad SMARTS) is 1. The zero-order valence-electron chi connectivity index (χ0n) is 9.90. The third kappa shape index (κ3) is 3.48. The van der Waals surface area contributed by atoms with Crippen LogP contribution in [-0.4, -0.2) is 48.1 Å². The number of nitrogens with zero attached hydrogens (tertiary/aromatic N) is 1. The summed E-state index contributed by atoms with van der Waals surface area (Å²) >= 11 is 0. The molecule has 1 aliphatic rings. The quantitative estimate of drug-likeness (QED) is 0.710. The van der Waals surface area contributed by atoms with Gasteiger partial charge < -0.3 is 15.3 Å². The maximum atomic E-state index is 11.9. The van der Waals surface area contributed by atoms with Crippen LogP contribution in [0.15, 0.2) is 0 Å². The Hall–Kier alpha value is -1.10. The molecule has 1 rings (SSSR count). The van der Waals surface area contributed by atoms with Gasteiger partial charge in [0.25, 0.3) is 0 Å². The molecule has 0 aromatic heterocycles.